The van der Waals surface area contributed by atoms with E-state index < -0.39 is 12.1 Å². The number of benzene rings is 2. The van der Waals surface area contributed by atoms with Crippen LogP contribution >= 0.6 is 0 Å². The third-order valence-corrected chi connectivity index (χ3v) is 4.86. The van der Waals surface area contributed by atoms with Gasteiger partial charge in [-0.25, -0.2) is 4.79 Å². The summed E-state index contributed by atoms with van der Waals surface area (Å²) in [7, 11) is 0. The van der Waals surface area contributed by atoms with Crippen LogP contribution in [0, 0.1) is 0 Å². The second kappa shape index (κ2) is 9.87. The molecule has 0 N–H and O–H groups in total. The van der Waals surface area contributed by atoms with Crippen molar-refractivity contribution in [1.82, 2.24) is 4.90 Å². The minimum absolute atomic E-state index is 0.0436. The molecular weight excluding hydrogens is 370 g/mol. The van der Waals surface area contributed by atoms with Gasteiger partial charge in [-0.2, -0.15) is 0 Å². The van der Waals surface area contributed by atoms with Gasteiger partial charge in [-0.05, 0) is 50.5 Å². The third-order valence-electron chi connectivity index (χ3n) is 4.86. The molecule has 0 bridgehead atoms. The molecule has 6 heteroatoms. The highest BCUT2D eigenvalue weighted by Gasteiger charge is 2.30. The van der Waals surface area contributed by atoms with Crippen LogP contribution in [0.5, 0.6) is 5.75 Å². The molecule has 1 aliphatic heterocycles. The molecule has 1 atom stereocenters. The molecule has 0 saturated carbocycles. The van der Waals surface area contributed by atoms with E-state index in [-0.39, 0.29) is 18.3 Å². The molecule has 0 aromatic heterocycles. The molecule has 1 amide bonds. The molecule has 29 heavy (non-hydrogen) atoms. The summed E-state index contributed by atoms with van der Waals surface area (Å²) in [6, 6.07) is 15.5. The molecule has 1 heterocycles. The van der Waals surface area contributed by atoms with Crippen LogP contribution in [0.4, 0.5) is 0 Å². The highest BCUT2D eigenvalue weighted by Crippen LogP contribution is 2.23. The van der Waals surface area contributed by atoms with Crippen molar-refractivity contribution in [2.75, 3.05) is 19.7 Å². The number of carbonyl (C=O) groups is 3. The minimum atomic E-state index is -0.981. The summed E-state index contributed by atoms with van der Waals surface area (Å²) in [6.45, 7) is 2.52. The number of likely N-dealkylation sites (tertiary alicyclic amines) is 1. The first-order chi connectivity index (χ1) is 14.0. The van der Waals surface area contributed by atoms with E-state index in [9.17, 15) is 14.4 Å². The average Bonchev–Trinajstić information content (AvgIpc) is 2.77. The Balaban J connectivity index is 1.64. The Hall–Kier alpha value is -3.15. The van der Waals surface area contributed by atoms with E-state index >= 15 is 0 Å². The number of nitrogens with zero attached hydrogens (tertiary/aromatic N) is 1. The van der Waals surface area contributed by atoms with Crippen molar-refractivity contribution in [1.29, 1.82) is 0 Å². The van der Waals surface area contributed by atoms with Crippen LogP contribution in [0.2, 0.25) is 0 Å². The van der Waals surface area contributed by atoms with Crippen LogP contribution in [0.1, 0.15) is 48.2 Å². The molecule has 2 aromatic carbocycles. The van der Waals surface area contributed by atoms with E-state index in [4.69, 9.17) is 9.47 Å². The first kappa shape index (κ1) is 20.6. The summed E-state index contributed by atoms with van der Waals surface area (Å²) in [4.78, 5) is 38.5. The number of ketones is 1. The highest BCUT2D eigenvalue weighted by molar-refractivity contribution is 5.94. The van der Waals surface area contributed by atoms with Crippen LogP contribution in [0.3, 0.4) is 0 Å². The number of hydrogen-bond donors (Lipinski definition) is 0. The highest BCUT2D eigenvalue weighted by atomic mass is 16.6. The van der Waals surface area contributed by atoms with Crippen molar-refractivity contribution in [3.63, 3.8) is 0 Å². The monoisotopic (exact) mass is 395 g/mol. The first-order valence-electron chi connectivity index (χ1n) is 9.81. The summed E-state index contributed by atoms with van der Waals surface area (Å²) in [5.74, 6) is -0.418. The molecule has 1 aliphatic rings. The van der Waals surface area contributed by atoms with Crippen molar-refractivity contribution in [3.8, 4) is 5.75 Å². The lowest BCUT2D eigenvalue weighted by Crippen LogP contribution is -2.40. The van der Waals surface area contributed by atoms with Crippen molar-refractivity contribution < 1.29 is 23.9 Å². The van der Waals surface area contributed by atoms with E-state index in [1.165, 1.54) is 6.92 Å². The van der Waals surface area contributed by atoms with Crippen LogP contribution in [0.25, 0.3) is 0 Å². The molecule has 0 radical (unpaired) electrons. The summed E-state index contributed by atoms with van der Waals surface area (Å²) in [5, 5.41) is 0. The summed E-state index contributed by atoms with van der Waals surface area (Å²) < 4.78 is 11.0. The Morgan fingerprint density at radius 1 is 0.931 bits per heavy atom. The zero-order valence-electron chi connectivity index (χ0n) is 16.5. The number of ether oxygens (including phenoxy) is 2. The maximum atomic E-state index is 13.0. The molecule has 2 aromatic rings. The number of rotatable bonds is 7. The minimum Gasteiger partial charge on any atom is -0.482 e. The summed E-state index contributed by atoms with van der Waals surface area (Å²) >= 11 is 0. The van der Waals surface area contributed by atoms with Gasteiger partial charge in [0.25, 0.3) is 5.91 Å². The average molecular weight is 395 g/mol. The Kier molecular flexibility index (Phi) is 7.00. The summed E-state index contributed by atoms with van der Waals surface area (Å²) in [5.41, 5.74) is 1.21. The van der Waals surface area contributed by atoms with Gasteiger partial charge in [-0.1, -0.05) is 30.3 Å². The van der Waals surface area contributed by atoms with Crippen LogP contribution in [0.15, 0.2) is 54.6 Å². The van der Waals surface area contributed by atoms with Gasteiger partial charge in [0.2, 0.25) is 6.10 Å². The number of piperidine rings is 1. The number of carbonyl (C=O) groups excluding carboxylic acids is 3. The fraction of sp³-hybridized carbons (Fsp3) is 0.348. The predicted octanol–water partition coefficient (Wildman–Crippen LogP) is 3.57. The zero-order valence-corrected chi connectivity index (χ0v) is 16.5. The van der Waals surface area contributed by atoms with Crippen molar-refractivity contribution in [2.24, 2.45) is 0 Å². The maximum absolute atomic E-state index is 13.0. The van der Waals surface area contributed by atoms with Gasteiger partial charge in [-0.15, -0.1) is 0 Å². The van der Waals surface area contributed by atoms with Crippen LogP contribution in [-0.4, -0.2) is 42.3 Å². The fourth-order valence-electron chi connectivity index (χ4n) is 3.26. The van der Waals surface area contributed by atoms with E-state index in [0.29, 0.717) is 30.0 Å². The molecule has 152 valence electrons. The SMILES string of the molecule is CC(=O)c1ccc(OCC(=O)OC(C(=O)N2CCCCC2)c2ccccc2)cc1. The third kappa shape index (κ3) is 5.67. The van der Waals surface area contributed by atoms with Crippen LogP contribution < -0.4 is 4.74 Å². The molecule has 3 rings (SSSR count). The second-order valence-electron chi connectivity index (χ2n) is 7.04. The molecule has 0 spiro atoms. The standard InChI is InChI=1S/C23H25NO5/c1-17(25)18-10-12-20(13-11-18)28-16-21(26)29-22(19-8-4-2-5-9-19)23(27)24-14-6-3-7-15-24/h2,4-5,8-13,22H,3,6-7,14-16H2,1H3. The Morgan fingerprint density at radius 3 is 2.21 bits per heavy atom. The van der Waals surface area contributed by atoms with Gasteiger partial charge in [0.15, 0.2) is 12.4 Å². The van der Waals surface area contributed by atoms with Gasteiger partial charge < -0.3 is 14.4 Å². The van der Waals surface area contributed by atoms with Gasteiger partial charge in [0.1, 0.15) is 5.75 Å². The Bertz CT molecular complexity index is 841. The zero-order chi connectivity index (χ0) is 20.6. The topological polar surface area (TPSA) is 72.9 Å². The van der Waals surface area contributed by atoms with Gasteiger partial charge in [-0.3, -0.25) is 9.59 Å². The molecular formula is C23H25NO5. The first-order valence-corrected chi connectivity index (χ1v) is 9.81. The van der Waals surface area contributed by atoms with Crippen molar-refractivity contribution >= 4 is 17.7 Å². The van der Waals surface area contributed by atoms with E-state index in [2.05, 4.69) is 0 Å². The van der Waals surface area contributed by atoms with Gasteiger partial charge in [0, 0.05) is 24.2 Å². The molecule has 1 fully saturated rings. The van der Waals surface area contributed by atoms with E-state index in [1.807, 2.05) is 18.2 Å². The lowest BCUT2D eigenvalue weighted by Gasteiger charge is -2.30. The van der Waals surface area contributed by atoms with Gasteiger partial charge in [0.05, 0.1) is 0 Å². The number of Topliss-reactive ketones (excluding diaryl/α,β-unsaturated/α-hetero) is 1. The fourth-order valence-corrected chi connectivity index (χ4v) is 3.26. The van der Waals surface area contributed by atoms with Crippen molar-refractivity contribution in [3.05, 3.63) is 65.7 Å². The van der Waals surface area contributed by atoms with Crippen molar-refractivity contribution in [2.45, 2.75) is 32.3 Å². The van der Waals surface area contributed by atoms with Crippen LogP contribution in [-0.2, 0) is 14.3 Å². The largest absolute Gasteiger partial charge is 0.482 e. The quantitative estimate of drug-likeness (QED) is 0.529. The lowest BCUT2D eigenvalue weighted by atomic mass is 10.1. The Morgan fingerprint density at radius 2 is 1.59 bits per heavy atom. The predicted molar refractivity (Wildman–Crippen MR) is 108 cm³/mol. The molecule has 1 unspecified atom stereocenters. The Labute approximate surface area is 170 Å². The number of amides is 1. The number of esters is 1. The smallest absolute Gasteiger partial charge is 0.345 e. The molecule has 6 nitrogen and oxygen atoms in total. The lowest BCUT2D eigenvalue weighted by molar-refractivity contribution is -0.163. The maximum Gasteiger partial charge on any atom is 0.345 e. The summed E-state index contributed by atoms with van der Waals surface area (Å²) in [6.07, 6.45) is 2.04. The normalized spacial score (nSPS) is 14.7. The van der Waals surface area contributed by atoms with E-state index in [1.54, 1.807) is 41.3 Å². The number of hydrogen-bond acceptors (Lipinski definition) is 5. The van der Waals surface area contributed by atoms with Gasteiger partial charge >= 0.3 is 5.97 Å². The molecule has 1 saturated heterocycles. The second-order valence-corrected chi connectivity index (χ2v) is 7.04. The molecule has 0 aliphatic carbocycles. The van der Waals surface area contributed by atoms with E-state index in [0.717, 1.165) is 19.3 Å².